The Morgan fingerprint density at radius 1 is 1.43 bits per heavy atom. The Morgan fingerprint density at radius 2 is 2.29 bits per heavy atom. The first kappa shape index (κ1) is 15.6. The lowest BCUT2D eigenvalue weighted by Crippen LogP contribution is -2.31. The van der Waals surface area contributed by atoms with Crippen LogP contribution in [0.5, 0.6) is 0 Å². The fraction of sp³-hybridized carbons (Fsp3) is 0.538. The van der Waals surface area contributed by atoms with E-state index >= 15 is 0 Å². The molecule has 0 unspecified atom stereocenters. The van der Waals surface area contributed by atoms with Crippen molar-refractivity contribution in [3.63, 3.8) is 0 Å². The van der Waals surface area contributed by atoms with Crippen molar-refractivity contribution in [2.24, 2.45) is 0 Å². The average molecular weight is 309 g/mol. The van der Waals surface area contributed by atoms with E-state index < -0.39 is 0 Å². The van der Waals surface area contributed by atoms with E-state index in [4.69, 9.17) is 5.11 Å². The van der Waals surface area contributed by atoms with Crippen LogP contribution in [0.25, 0.3) is 10.7 Å². The van der Waals surface area contributed by atoms with E-state index in [1.54, 1.807) is 11.9 Å². The number of hydrogen-bond donors (Lipinski definition) is 1. The van der Waals surface area contributed by atoms with Crippen LogP contribution in [0.3, 0.4) is 0 Å². The van der Waals surface area contributed by atoms with Gasteiger partial charge in [-0.1, -0.05) is 6.07 Å². The lowest BCUT2D eigenvalue weighted by atomic mass is 10.2. The van der Waals surface area contributed by atoms with Gasteiger partial charge in [-0.05, 0) is 35.9 Å². The molecule has 1 amide bonds. The third-order valence-corrected chi connectivity index (χ3v) is 3.91. The van der Waals surface area contributed by atoms with E-state index in [1.165, 1.54) is 16.1 Å². The van der Waals surface area contributed by atoms with E-state index in [0.717, 1.165) is 24.1 Å². The van der Waals surface area contributed by atoms with Crippen molar-refractivity contribution in [3.05, 3.63) is 17.5 Å². The van der Waals surface area contributed by atoms with Gasteiger partial charge >= 0.3 is 0 Å². The van der Waals surface area contributed by atoms with Gasteiger partial charge in [0.25, 0.3) is 0 Å². The van der Waals surface area contributed by atoms with Crippen molar-refractivity contribution in [2.45, 2.75) is 25.8 Å². The molecule has 8 heteroatoms. The third-order valence-electron chi connectivity index (χ3n) is 3.05. The van der Waals surface area contributed by atoms with E-state index in [0.29, 0.717) is 12.4 Å². The van der Waals surface area contributed by atoms with Crippen LogP contribution in [0.15, 0.2) is 17.5 Å². The Bertz CT molecular complexity index is 555. The SMILES string of the molecule is CN(CCCCCO)C(=O)Cn1nnc(-c2cccs2)n1. The van der Waals surface area contributed by atoms with Crippen molar-refractivity contribution in [1.82, 2.24) is 25.1 Å². The summed E-state index contributed by atoms with van der Waals surface area (Å²) in [5, 5.41) is 22.7. The summed E-state index contributed by atoms with van der Waals surface area (Å²) in [6.45, 7) is 0.965. The number of hydrogen-bond acceptors (Lipinski definition) is 6. The topological polar surface area (TPSA) is 84.1 Å². The molecular formula is C13H19N5O2S. The van der Waals surface area contributed by atoms with Crippen LogP contribution in [-0.2, 0) is 11.3 Å². The minimum Gasteiger partial charge on any atom is -0.396 e. The number of thiophene rings is 1. The van der Waals surface area contributed by atoms with Gasteiger partial charge in [0.15, 0.2) is 0 Å². The maximum absolute atomic E-state index is 12.0. The molecule has 0 aliphatic heterocycles. The number of aromatic nitrogens is 4. The number of amides is 1. The summed E-state index contributed by atoms with van der Waals surface area (Å²) in [7, 11) is 1.76. The zero-order chi connectivity index (χ0) is 15.1. The molecule has 7 nitrogen and oxygen atoms in total. The molecule has 114 valence electrons. The Labute approximate surface area is 127 Å². The summed E-state index contributed by atoms with van der Waals surface area (Å²) >= 11 is 1.54. The molecule has 0 aliphatic rings. The van der Waals surface area contributed by atoms with Crippen molar-refractivity contribution in [1.29, 1.82) is 0 Å². The molecule has 21 heavy (non-hydrogen) atoms. The summed E-state index contributed by atoms with van der Waals surface area (Å²) in [6, 6.07) is 3.84. The van der Waals surface area contributed by atoms with Gasteiger partial charge in [0.1, 0.15) is 6.54 Å². The number of nitrogens with zero attached hydrogens (tertiary/aromatic N) is 5. The van der Waals surface area contributed by atoms with Crippen molar-refractivity contribution < 1.29 is 9.90 Å². The van der Waals surface area contributed by atoms with Crippen LogP contribution in [0.4, 0.5) is 0 Å². The Hall–Kier alpha value is -1.80. The van der Waals surface area contributed by atoms with Gasteiger partial charge in [0.2, 0.25) is 11.7 Å². The first-order valence-corrected chi connectivity index (χ1v) is 7.75. The van der Waals surface area contributed by atoms with Crippen LogP contribution in [0.2, 0.25) is 0 Å². The molecule has 0 saturated carbocycles. The third kappa shape index (κ3) is 4.61. The van der Waals surface area contributed by atoms with Gasteiger partial charge in [-0.15, -0.1) is 21.5 Å². The number of aliphatic hydroxyl groups is 1. The quantitative estimate of drug-likeness (QED) is 0.736. The molecule has 1 N–H and O–H groups in total. The fourth-order valence-electron chi connectivity index (χ4n) is 1.82. The summed E-state index contributed by atoms with van der Waals surface area (Å²) in [6.07, 6.45) is 2.57. The molecule has 0 aromatic carbocycles. The summed E-state index contributed by atoms with van der Waals surface area (Å²) in [5.74, 6) is 0.498. The molecule has 0 bridgehead atoms. The van der Waals surface area contributed by atoms with Gasteiger partial charge in [-0.2, -0.15) is 4.80 Å². The first-order chi connectivity index (χ1) is 10.2. The van der Waals surface area contributed by atoms with Gasteiger partial charge < -0.3 is 10.0 Å². The van der Waals surface area contributed by atoms with Crippen molar-refractivity contribution in [2.75, 3.05) is 20.2 Å². The highest BCUT2D eigenvalue weighted by Gasteiger charge is 2.13. The Kier molecular flexibility index (Phi) is 5.82. The maximum Gasteiger partial charge on any atom is 0.245 e. The zero-order valence-corrected chi connectivity index (χ0v) is 12.8. The first-order valence-electron chi connectivity index (χ1n) is 6.87. The molecular weight excluding hydrogens is 290 g/mol. The fourth-order valence-corrected chi connectivity index (χ4v) is 2.47. The molecule has 2 aromatic rings. The highest BCUT2D eigenvalue weighted by molar-refractivity contribution is 7.13. The summed E-state index contributed by atoms with van der Waals surface area (Å²) in [5.41, 5.74) is 0. The Morgan fingerprint density at radius 3 is 3.00 bits per heavy atom. The van der Waals surface area contributed by atoms with Gasteiger partial charge in [0.05, 0.1) is 4.88 Å². The van der Waals surface area contributed by atoms with Crippen LogP contribution in [0.1, 0.15) is 19.3 Å². The number of unbranched alkanes of at least 4 members (excludes halogenated alkanes) is 2. The van der Waals surface area contributed by atoms with E-state index in [9.17, 15) is 4.79 Å². The van der Waals surface area contributed by atoms with Crippen LogP contribution in [0, 0.1) is 0 Å². The number of aliphatic hydroxyl groups excluding tert-OH is 1. The predicted octanol–water partition coefficient (Wildman–Crippen LogP) is 1.02. The largest absolute Gasteiger partial charge is 0.396 e. The molecule has 0 aliphatic carbocycles. The molecule has 0 fully saturated rings. The van der Waals surface area contributed by atoms with Crippen molar-refractivity contribution in [3.8, 4) is 10.7 Å². The monoisotopic (exact) mass is 309 g/mol. The van der Waals surface area contributed by atoms with E-state index in [-0.39, 0.29) is 19.1 Å². The minimum atomic E-state index is -0.0471. The second-order valence-electron chi connectivity index (χ2n) is 4.72. The normalized spacial score (nSPS) is 10.8. The van der Waals surface area contributed by atoms with Gasteiger partial charge in [0, 0.05) is 20.2 Å². The number of tetrazole rings is 1. The number of likely N-dealkylation sites (N-methyl/N-ethyl adjacent to an activating group) is 1. The molecule has 0 radical (unpaired) electrons. The molecule has 2 heterocycles. The van der Waals surface area contributed by atoms with E-state index in [2.05, 4.69) is 15.4 Å². The number of carbonyl (C=O) groups excluding carboxylic acids is 1. The lowest BCUT2D eigenvalue weighted by molar-refractivity contribution is -0.131. The Balaban J connectivity index is 1.82. The maximum atomic E-state index is 12.0. The van der Waals surface area contributed by atoms with Gasteiger partial charge in [-0.25, -0.2) is 0 Å². The van der Waals surface area contributed by atoms with Crippen LogP contribution >= 0.6 is 11.3 Å². The van der Waals surface area contributed by atoms with Crippen LogP contribution in [-0.4, -0.2) is 56.3 Å². The molecule has 0 saturated heterocycles. The molecule has 2 aromatic heterocycles. The van der Waals surface area contributed by atoms with Gasteiger partial charge in [-0.3, -0.25) is 4.79 Å². The lowest BCUT2D eigenvalue weighted by Gasteiger charge is -2.16. The predicted molar refractivity (Wildman–Crippen MR) is 79.7 cm³/mol. The highest BCUT2D eigenvalue weighted by Crippen LogP contribution is 2.19. The minimum absolute atomic E-state index is 0.0471. The molecule has 0 spiro atoms. The highest BCUT2D eigenvalue weighted by atomic mass is 32.1. The summed E-state index contributed by atoms with van der Waals surface area (Å²) < 4.78 is 0. The number of carbonyl (C=O) groups is 1. The number of rotatable bonds is 8. The zero-order valence-electron chi connectivity index (χ0n) is 12.0. The average Bonchev–Trinajstić information content (AvgIpc) is 3.13. The molecule has 2 rings (SSSR count). The van der Waals surface area contributed by atoms with Crippen molar-refractivity contribution >= 4 is 17.2 Å². The molecule has 0 atom stereocenters. The van der Waals surface area contributed by atoms with E-state index in [1.807, 2.05) is 17.5 Å². The second-order valence-corrected chi connectivity index (χ2v) is 5.67. The second kappa shape index (κ2) is 7.84. The summed E-state index contributed by atoms with van der Waals surface area (Å²) in [4.78, 5) is 15.9. The van der Waals surface area contributed by atoms with Crippen LogP contribution < -0.4 is 0 Å². The smallest absolute Gasteiger partial charge is 0.245 e. The standard InChI is InChI=1S/C13H19N5O2S/c1-17(7-3-2-4-8-19)12(20)10-18-15-13(14-16-18)11-6-5-9-21-11/h5-6,9,19H,2-4,7-8,10H2,1H3.